The summed E-state index contributed by atoms with van der Waals surface area (Å²) in [4.78, 5) is 20.3. The van der Waals surface area contributed by atoms with E-state index in [0.29, 0.717) is 12.0 Å². The zero-order chi connectivity index (χ0) is 30.8. The molecule has 6 heteroatoms. The number of hydrogen-bond acceptors (Lipinski definition) is 4. The smallest absolute Gasteiger partial charge is 0.151 e. The van der Waals surface area contributed by atoms with Crippen molar-refractivity contribution >= 4 is 49.4 Å². The Kier molecular flexibility index (Phi) is 10.2. The van der Waals surface area contributed by atoms with E-state index in [9.17, 15) is 4.79 Å². The molecule has 0 saturated heterocycles. The number of hydrogen-bond donors (Lipinski definition) is 0. The summed E-state index contributed by atoms with van der Waals surface area (Å²) in [7, 11) is 0. The molecule has 2 aromatic heterocycles. The number of ketones is 1. The van der Waals surface area contributed by atoms with Crippen LogP contribution in [0.3, 0.4) is 0 Å². The molecule has 7 rings (SSSR count). The van der Waals surface area contributed by atoms with E-state index in [-0.39, 0.29) is 25.9 Å². The van der Waals surface area contributed by atoms with Gasteiger partial charge in [0.1, 0.15) is 22.5 Å². The minimum Gasteiger partial charge on any atom is -0.685 e. The van der Waals surface area contributed by atoms with Gasteiger partial charge < -0.3 is 9.73 Å². The number of fused-ring (bicyclic) bond motifs is 5. The summed E-state index contributed by atoms with van der Waals surface area (Å²) >= 11 is 0. The van der Waals surface area contributed by atoms with Gasteiger partial charge in [0.15, 0.2) is 5.78 Å². The average Bonchev–Trinajstić information content (AvgIpc) is 3.36. The van der Waals surface area contributed by atoms with Gasteiger partial charge in [-0.25, -0.2) is 4.98 Å². The summed E-state index contributed by atoms with van der Waals surface area (Å²) in [5.74, 6) is 1.21. The van der Waals surface area contributed by atoms with Gasteiger partial charge in [-0.3, -0.25) is 9.78 Å². The number of rotatable bonds is 5. The number of carbonyl (C=O) groups is 1. The van der Waals surface area contributed by atoms with Gasteiger partial charge in [-0.2, -0.15) is 5.70 Å². The SMILES string of the molecule is CC(=O)/C=C(/C)[N-]C1CCCCC1.Cc1nc(-c2[c-]c3ccccc3c(C(C)C)c2)c2oc3cc4ccccc4cc3c2n1.[Ir]. The standard InChI is InChI=1S/C28H21N2O.C11H19NO.Ir/c1-16(2)23-14-21(12-20-10-6-7-11-22(20)23)26-28-27(30-17(3)29-26)24-13-18-8-4-5-9-19(18)15-25(24)31-28;1-9(8-10(2)13)12-11-6-4-3-5-7-11;/h4-11,13-16H,1-3H3;8,11H,3-7H2,1-2H3,(H,12,13);/q-1;;/p-1. The monoisotopic (exact) mass is 774 g/mol. The molecular formula is C39H39IrN3O2-2. The molecule has 6 aromatic rings. The third-order valence-electron chi connectivity index (χ3n) is 8.35. The van der Waals surface area contributed by atoms with Crippen molar-refractivity contribution in [2.24, 2.45) is 0 Å². The zero-order valence-electron chi connectivity index (χ0n) is 26.6. The van der Waals surface area contributed by atoms with Crippen molar-refractivity contribution in [1.82, 2.24) is 9.97 Å². The fourth-order valence-corrected chi connectivity index (χ4v) is 6.32. The first-order chi connectivity index (χ1) is 21.3. The molecule has 0 unspecified atom stereocenters. The molecule has 233 valence electrons. The fraction of sp³-hybridized carbons (Fsp3) is 0.308. The number of allylic oxidation sites excluding steroid dienone is 2. The van der Waals surface area contributed by atoms with Crippen LogP contribution in [-0.4, -0.2) is 21.8 Å². The molecular weight excluding hydrogens is 735 g/mol. The molecule has 45 heavy (non-hydrogen) atoms. The number of furan rings is 1. The van der Waals surface area contributed by atoms with E-state index in [1.54, 1.807) is 13.0 Å². The topological polar surface area (TPSA) is 70.1 Å². The van der Waals surface area contributed by atoms with Gasteiger partial charge >= 0.3 is 0 Å². The van der Waals surface area contributed by atoms with Gasteiger partial charge in [-0.15, -0.1) is 35.2 Å². The van der Waals surface area contributed by atoms with E-state index >= 15 is 0 Å². The second kappa shape index (κ2) is 14.1. The van der Waals surface area contributed by atoms with Crippen molar-refractivity contribution in [3.63, 3.8) is 0 Å². The molecule has 1 radical (unpaired) electrons. The Bertz CT molecular complexity index is 2020. The van der Waals surface area contributed by atoms with Gasteiger partial charge in [-0.1, -0.05) is 106 Å². The molecule has 0 bridgehead atoms. The van der Waals surface area contributed by atoms with Gasteiger partial charge in [0.05, 0.1) is 5.69 Å². The molecule has 0 amide bonds. The molecule has 0 aliphatic heterocycles. The van der Waals surface area contributed by atoms with Crippen LogP contribution >= 0.6 is 0 Å². The third-order valence-corrected chi connectivity index (χ3v) is 8.35. The first-order valence-corrected chi connectivity index (χ1v) is 15.7. The Morgan fingerprint density at radius 1 is 0.933 bits per heavy atom. The predicted octanol–water partition coefficient (Wildman–Crippen LogP) is 10.8. The normalized spacial score (nSPS) is 14.0. The van der Waals surface area contributed by atoms with E-state index in [0.717, 1.165) is 55.6 Å². The maximum Gasteiger partial charge on any atom is 0.151 e. The van der Waals surface area contributed by atoms with Gasteiger partial charge in [0.25, 0.3) is 0 Å². The van der Waals surface area contributed by atoms with Gasteiger partial charge in [0, 0.05) is 25.5 Å². The molecule has 0 N–H and O–H groups in total. The average molecular weight is 774 g/mol. The zero-order valence-corrected chi connectivity index (χ0v) is 29.0. The van der Waals surface area contributed by atoms with Crippen LogP contribution in [0.4, 0.5) is 0 Å². The van der Waals surface area contributed by atoms with E-state index in [1.165, 1.54) is 48.4 Å². The predicted molar refractivity (Wildman–Crippen MR) is 182 cm³/mol. The number of nitrogens with zero attached hydrogens (tertiary/aromatic N) is 3. The van der Waals surface area contributed by atoms with Crippen LogP contribution in [0, 0.1) is 13.0 Å². The molecule has 4 aromatic carbocycles. The Balaban J connectivity index is 0.000000243. The summed E-state index contributed by atoms with van der Waals surface area (Å²) in [5.41, 5.74) is 6.33. The summed E-state index contributed by atoms with van der Waals surface area (Å²) in [6.45, 7) is 9.86. The van der Waals surface area contributed by atoms with Crippen LogP contribution in [0.15, 0.2) is 82.9 Å². The van der Waals surface area contributed by atoms with Crippen molar-refractivity contribution in [3.05, 3.63) is 101 Å². The summed E-state index contributed by atoms with van der Waals surface area (Å²) in [6, 6.07) is 27.3. The first kappa shape index (κ1) is 32.5. The van der Waals surface area contributed by atoms with Crippen LogP contribution in [0.5, 0.6) is 0 Å². The Morgan fingerprint density at radius 3 is 2.33 bits per heavy atom. The number of aryl methyl sites for hydroxylation is 1. The number of benzene rings is 4. The number of aromatic nitrogens is 2. The minimum absolute atomic E-state index is 0. The second-order valence-corrected chi connectivity index (χ2v) is 12.3. The largest absolute Gasteiger partial charge is 0.685 e. The summed E-state index contributed by atoms with van der Waals surface area (Å²) in [6.07, 6.45) is 7.95. The van der Waals surface area contributed by atoms with Crippen molar-refractivity contribution in [3.8, 4) is 11.3 Å². The Labute approximate surface area is 278 Å². The van der Waals surface area contributed by atoms with E-state index in [2.05, 4.69) is 85.9 Å². The first-order valence-electron chi connectivity index (χ1n) is 15.7. The van der Waals surface area contributed by atoms with Crippen molar-refractivity contribution < 1.29 is 29.3 Å². The molecule has 0 atom stereocenters. The molecule has 1 saturated carbocycles. The van der Waals surface area contributed by atoms with Crippen molar-refractivity contribution in [2.45, 2.75) is 78.7 Å². The Hall–Kier alpha value is -3.86. The minimum atomic E-state index is 0. The van der Waals surface area contributed by atoms with Crippen molar-refractivity contribution in [2.75, 3.05) is 0 Å². The van der Waals surface area contributed by atoms with Gasteiger partial charge in [0.2, 0.25) is 0 Å². The van der Waals surface area contributed by atoms with Crippen molar-refractivity contribution in [1.29, 1.82) is 0 Å². The van der Waals surface area contributed by atoms with Crippen LogP contribution in [0.2, 0.25) is 0 Å². The third kappa shape index (κ3) is 7.19. The van der Waals surface area contributed by atoms with E-state index < -0.39 is 0 Å². The van der Waals surface area contributed by atoms with E-state index in [1.807, 2.05) is 19.9 Å². The fourth-order valence-electron chi connectivity index (χ4n) is 6.32. The molecule has 0 spiro atoms. The maximum atomic E-state index is 10.8. The maximum absolute atomic E-state index is 10.8. The summed E-state index contributed by atoms with van der Waals surface area (Å²) in [5, 5.41) is 10.2. The molecule has 5 nitrogen and oxygen atoms in total. The number of carbonyl (C=O) groups excluding carboxylic acids is 1. The van der Waals surface area contributed by atoms with Crippen LogP contribution in [0.1, 0.15) is 77.1 Å². The molecule has 1 aliphatic rings. The molecule has 1 aliphatic carbocycles. The van der Waals surface area contributed by atoms with Crippen LogP contribution < -0.4 is 0 Å². The van der Waals surface area contributed by atoms with Crippen LogP contribution in [0.25, 0.3) is 60.2 Å². The molecule has 1 fully saturated rings. The van der Waals surface area contributed by atoms with E-state index in [4.69, 9.17) is 14.4 Å². The summed E-state index contributed by atoms with van der Waals surface area (Å²) < 4.78 is 6.37. The van der Waals surface area contributed by atoms with Crippen LogP contribution in [-0.2, 0) is 24.9 Å². The van der Waals surface area contributed by atoms with Gasteiger partial charge in [-0.05, 0) is 48.7 Å². The quantitative estimate of drug-likeness (QED) is 0.129. The second-order valence-electron chi connectivity index (χ2n) is 12.3. The Morgan fingerprint density at radius 2 is 1.62 bits per heavy atom. The molecule has 2 heterocycles.